The second-order valence-electron chi connectivity index (χ2n) is 3.44. The van der Waals surface area contributed by atoms with Crippen molar-refractivity contribution >= 4 is 48.0 Å². The van der Waals surface area contributed by atoms with Crippen molar-refractivity contribution < 1.29 is 0 Å². The van der Waals surface area contributed by atoms with Crippen LogP contribution >= 0.6 is 48.0 Å². The van der Waals surface area contributed by atoms with Gasteiger partial charge in [0.1, 0.15) is 0 Å². The first kappa shape index (κ1) is 17.0. The Morgan fingerprint density at radius 2 is 1.93 bits per heavy atom. The van der Waals surface area contributed by atoms with Crippen molar-refractivity contribution in [3.8, 4) is 0 Å². The molecule has 0 fully saturated rings. The summed E-state index contributed by atoms with van der Waals surface area (Å²) in [4.78, 5) is 4.39. The largest absolute Gasteiger partial charge is 0.320 e. The topological polar surface area (TPSA) is 38.9 Å². The Hall–Kier alpha value is 0.570. The highest BCUT2D eigenvalue weighted by molar-refractivity contribution is 14.0. The second-order valence-corrected chi connectivity index (χ2v) is 3.44. The van der Waals surface area contributed by atoms with Crippen molar-refractivity contribution in [2.75, 3.05) is 0 Å². The number of rotatable bonds is 2. The van der Waals surface area contributed by atoms with E-state index in [4.69, 9.17) is 5.73 Å². The molecular formula is C10H18I2N2. The van der Waals surface area contributed by atoms with Crippen molar-refractivity contribution in [1.82, 2.24) is 4.98 Å². The molecule has 1 aromatic heterocycles. The molecule has 0 radical (unpaired) electrons. The van der Waals surface area contributed by atoms with E-state index in [1.54, 1.807) is 0 Å². The van der Waals surface area contributed by atoms with Gasteiger partial charge in [0.15, 0.2) is 0 Å². The summed E-state index contributed by atoms with van der Waals surface area (Å²) >= 11 is 0. The van der Waals surface area contributed by atoms with E-state index >= 15 is 0 Å². The van der Waals surface area contributed by atoms with Crippen molar-refractivity contribution in [2.24, 2.45) is 5.73 Å². The van der Waals surface area contributed by atoms with E-state index in [1.165, 1.54) is 0 Å². The molecule has 1 heterocycles. The quantitative estimate of drug-likeness (QED) is 0.747. The van der Waals surface area contributed by atoms with E-state index in [1.807, 2.05) is 32.0 Å². The van der Waals surface area contributed by atoms with Gasteiger partial charge < -0.3 is 5.73 Å². The minimum Gasteiger partial charge on any atom is -0.320 e. The summed E-state index contributed by atoms with van der Waals surface area (Å²) < 4.78 is 0. The number of aryl methyl sites for hydroxylation is 1. The average Bonchev–Trinajstić information content (AvgIpc) is 2.05. The third-order valence-electron chi connectivity index (χ3n) is 2.21. The molecule has 4 heteroatoms. The fraction of sp³-hybridized carbons (Fsp3) is 0.500. The molecule has 82 valence electrons. The maximum absolute atomic E-state index is 6.04. The Balaban J connectivity index is 0. The van der Waals surface area contributed by atoms with Crippen LogP contribution < -0.4 is 5.73 Å². The van der Waals surface area contributed by atoms with Crippen molar-refractivity contribution in [3.05, 3.63) is 29.6 Å². The van der Waals surface area contributed by atoms with Crippen molar-refractivity contribution in [2.45, 2.75) is 32.7 Å². The SMILES string of the molecule is CCC(C)(N)c1cccc(C)n1.I.I. The molecule has 0 amide bonds. The third kappa shape index (κ3) is 4.39. The molecule has 1 rings (SSSR count). The summed E-state index contributed by atoms with van der Waals surface area (Å²) in [5.41, 5.74) is 7.76. The molecular weight excluding hydrogens is 402 g/mol. The number of aromatic nitrogens is 1. The Kier molecular flexibility index (Phi) is 8.42. The van der Waals surface area contributed by atoms with Gasteiger partial charge in [-0.1, -0.05) is 13.0 Å². The molecule has 0 aromatic carbocycles. The molecule has 0 bridgehead atoms. The summed E-state index contributed by atoms with van der Waals surface area (Å²) in [5, 5.41) is 0. The summed E-state index contributed by atoms with van der Waals surface area (Å²) in [5.74, 6) is 0. The van der Waals surface area contributed by atoms with Gasteiger partial charge in [-0.3, -0.25) is 4.98 Å². The van der Waals surface area contributed by atoms with Crippen LogP contribution in [0.3, 0.4) is 0 Å². The molecule has 1 aromatic rings. The maximum atomic E-state index is 6.04. The molecule has 0 aliphatic carbocycles. The molecule has 0 aliphatic rings. The minimum atomic E-state index is -0.286. The Morgan fingerprint density at radius 3 is 2.36 bits per heavy atom. The fourth-order valence-electron chi connectivity index (χ4n) is 1.04. The number of halogens is 2. The van der Waals surface area contributed by atoms with Gasteiger partial charge in [0.25, 0.3) is 0 Å². The van der Waals surface area contributed by atoms with Crippen LogP contribution in [-0.4, -0.2) is 4.98 Å². The van der Waals surface area contributed by atoms with E-state index in [0.717, 1.165) is 17.8 Å². The van der Waals surface area contributed by atoms with Gasteiger partial charge in [-0.25, -0.2) is 0 Å². The molecule has 2 nitrogen and oxygen atoms in total. The predicted molar refractivity (Wildman–Crippen MR) is 81.6 cm³/mol. The lowest BCUT2D eigenvalue weighted by atomic mass is 9.95. The normalized spacial score (nSPS) is 13.4. The smallest absolute Gasteiger partial charge is 0.0602 e. The van der Waals surface area contributed by atoms with Crippen LogP contribution in [0, 0.1) is 6.92 Å². The lowest BCUT2D eigenvalue weighted by Crippen LogP contribution is -2.33. The minimum absolute atomic E-state index is 0. The van der Waals surface area contributed by atoms with Gasteiger partial charge in [0, 0.05) is 5.69 Å². The molecule has 0 spiro atoms. The number of hydrogen-bond donors (Lipinski definition) is 1. The van der Waals surface area contributed by atoms with E-state index in [2.05, 4.69) is 11.9 Å². The maximum Gasteiger partial charge on any atom is 0.0602 e. The van der Waals surface area contributed by atoms with Gasteiger partial charge in [0.05, 0.1) is 11.2 Å². The molecule has 1 unspecified atom stereocenters. The first-order valence-corrected chi connectivity index (χ1v) is 4.29. The number of nitrogens with two attached hydrogens (primary N) is 1. The molecule has 14 heavy (non-hydrogen) atoms. The summed E-state index contributed by atoms with van der Waals surface area (Å²) in [7, 11) is 0. The molecule has 2 N–H and O–H groups in total. The Labute approximate surface area is 120 Å². The molecule has 0 aliphatic heterocycles. The van der Waals surface area contributed by atoms with E-state index in [-0.39, 0.29) is 53.5 Å². The molecule has 0 saturated heterocycles. The summed E-state index contributed by atoms with van der Waals surface area (Å²) in [6, 6.07) is 5.96. The van der Waals surface area contributed by atoms with Crippen LogP contribution in [0.4, 0.5) is 0 Å². The van der Waals surface area contributed by atoms with Gasteiger partial charge in [-0.2, -0.15) is 0 Å². The van der Waals surface area contributed by atoms with E-state index in [9.17, 15) is 0 Å². The standard InChI is InChI=1S/C10H16N2.2HI/c1-4-10(3,11)9-7-5-6-8(2)12-9;;/h5-7H,4,11H2,1-3H3;2*1H. The Bertz CT molecular complexity index is 275. The van der Waals surface area contributed by atoms with E-state index in [0.29, 0.717) is 0 Å². The highest BCUT2D eigenvalue weighted by Crippen LogP contribution is 2.18. The third-order valence-corrected chi connectivity index (χ3v) is 2.21. The first-order chi connectivity index (χ1) is 5.56. The van der Waals surface area contributed by atoms with Crippen LogP contribution in [0.5, 0.6) is 0 Å². The number of hydrogen-bond acceptors (Lipinski definition) is 2. The molecule has 1 atom stereocenters. The highest BCUT2D eigenvalue weighted by atomic mass is 127. The zero-order valence-electron chi connectivity index (χ0n) is 8.78. The number of nitrogens with zero attached hydrogens (tertiary/aromatic N) is 1. The van der Waals surface area contributed by atoms with Crippen LogP contribution in [0.15, 0.2) is 18.2 Å². The lowest BCUT2D eigenvalue weighted by molar-refractivity contribution is 0.461. The Morgan fingerprint density at radius 1 is 1.36 bits per heavy atom. The second kappa shape index (κ2) is 6.95. The fourth-order valence-corrected chi connectivity index (χ4v) is 1.04. The monoisotopic (exact) mass is 420 g/mol. The van der Waals surface area contributed by atoms with E-state index < -0.39 is 0 Å². The first-order valence-electron chi connectivity index (χ1n) is 4.29. The van der Waals surface area contributed by atoms with Gasteiger partial charge >= 0.3 is 0 Å². The summed E-state index contributed by atoms with van der Waals surface area (Å²) in [6.45, 7) is 6.06. The zero-order valence-corrected chi connectivity index (χ0v) is 13.4. The predicted octanol–water partition coefficient (Wildman–Crippen LogP) is 3.21. The van der Waals surface area contributed by atoms with Gasteiger partial charge in [-0.15, -0.1) is 48.0 Å². The lowest BCUT2D eigenvalue weighted by Gasteiger charge is -2.22. The number of pyridine rings is 1. The zero-order chi connectivity index (χ0) is 9.19. The van der Waals surface area contributed by atoms with Crippen LogP contribution in [-0.2, 0) is 5.54 Å². The van der Waals surface area contributed by atoms with Crippen molar-refractivity contribution in [3.63, 3.8) is 0 Å². The molecule has 0 saturated carbocycles. The van der Waals surface area contributed by atoms with Gasteiger partial charge in [-0.05, 0) is 32.4 Å². The average molecular weight is 420 g/mol. The van der Waals surface area contributed by atoms with Crippen LogP contribution in [0.25, 0.3) is 0 Å². The van der Waals surface area contributed by atoms with Crippen molar-refractivity contribution in [1.29, 1.82) is 0 Å². The van der Waals surface area contributed by atoms with Crippen LogP contribution in [0.1, 0.15) is 31.7 Å². The van der Waals surface area contributed by atoms with Crippen LogP contribution in [0.2, 0.25) is 0 Å². The highest BCUT2D eigenvalue weighted by Gasteiger charge is 2.19. The summed E-state index contributed by atoms with van der Waals surface area (Å²) in [6.07, 6.45) is 0.906. The van der Waals surface area contributed by atoms with Gasteiger partial charge in [0.2, 0.25) is 0 Å².